The van der Waals surface area contributed by atoms with E-state index in [9.17, 15) is 18.0 Å². The Kier molecular flexibility index (Phi) is 6.09. The third-order valence-corrected chi connectivity index (χ3v) is 5.76. The van der Waals surface area contributed by atoms with Gasteiger partial charge < -0.3 is 10.3 Å². The number of aromatic nitrogens is 2. The highest BCUT2D eigenvalue weighted by atomic mass is 32.2. The quantitative estimate of drug-likeness (QED) is 0.547. The minimum atomic E-state index is -3.58. The zero-order chi connectivity index (χ0) is 21.0. The van der Waals surface area contributed by atoms with Gasteiger partial charge >= 0.3 is 0 Å². The molecule has 0 aliphatic heterocycles. The predicted molar refractivity (Wildman–Crippen MR) is 111 cm³/mol. The van der Waals surface area contributed by atoms with Crippen LogP contribution in [0.15, 0.2) is 58.2 Å². The van der Waals surface area contributed by atoms with Crippen LogP contribution in [0.3, 0.4) is 0 Å². The molecule has 0 atom stereocenters. The summed E-state index contributed by atoms with van der Waals surface area (Å²) in [5.41, 5.74) is 0.828. The molecule has 0 aliphatic rings. The van der Waals surface area contributed by atoms with Crippen molar-refractivity contribution in [1.29, 1.82) is 0 Å². The number of H-pyrrole nitrogens is 1. The molecule has 152 valence electrons. The minimum Gasteiger partial charge on any atom is -0.326 e. The molecule has 0 saturated heterocycles. The fourth-order valence-electron chi connectivity index (χ4n) is 2.80. The van der Waals surface area contributed by atoms with Crippen LogP contribution in [0, 0.1) is 0 Å². The maximum absolute atomic E-state index is 12.2. The van der Waals surface area contributed by atoms with E-state index in [1.54, 1.807) is 38.1 Å². The molecule has 1 amide bonds. The number of sulfonamides is 1. The van der Waals surface area contributed by atoms with Crippen LogP contribution in [0.1, 0.15) is 26.1 Å². The van der Waals surface area contributed by atoms with Crippen molar-refractivity contribution in [3.05, 3.63) is 64.7 Å². The molecule has 0 fully saturated rings. The largest absolute Gasteiger partial charge is 0.326 e. The molecule has 0 aliphatic carbocycles. The zero-order valence-corrected chi connectivity index (χ0v) is 16.9. The van der Waals surface area contributed by atoms with Crippen LogP contribution < -0.4 is 15.6 Å². The van der Waals surface area contributed by atoms with Crippen molar-refractivity contribution in [2.45, 2.75) is 37.6 Å². The molecule has 3 rings (SSSR count). The number of anilines is 1. The number of aryl methyl sites for hydroxylation is 1. The van der Waals surface area contributed by atoms with E-state index in [1.807, 2.05) is 0 Å². The Bertz CT molecular complexity index is 1190. The molecule has 8 nitrogen and oxygen atoms in total. The number of carbonyl (C=O) groups is 1. The van der Waals surface area contributed by atoms with E-state index in [0.29, 0.717) is 22.4 Å². The molecule has 3 N–H and O–H groups in total. The van der Waals surface area contributed by atoms with E-state index >= 15 is 0 Å². The van der Waals surface area contributed by atoms with Crippen molar-refractivity contribution >= 4 is 32.5 Å². The maximum atomic E-state index is 12.2. The van der Waals surface area contributed by atoms with Crippen LogP contribution in [0.5, 0.6) is 0 Å². The molecule has 2 aromatic carbocycles. The summed E-state index contributed by atoms with van der Waals surface area (Å²) >= 11 is 0. The lowest BCUT2D eigenvalue weighted by Gasteiger charge is -2.10. The van der Waals surface area contributed by atoms with Crippen LogP contribution in [-0.2, 0) is 21.2 Å². The third-order valence-electron chi connectivity index (χ3n) is 4.09. The Morgan fingerprint density at radius 3 is 2.48 bits per heavy atom. The first kappa shape index (κ1) is 20.7. The highest BCUT2D eigenvalue weighted by Gasteiger charge is 2.15. The summed E-state index contributed by atoms with van der Waals surface area (Å²) in [5, 5.41) is 3.21. The number of amides is 1. The van der Waals surface area contributed by atoms with Gasteiger partial charge in [-0.1, -0.05) is 12.1 Å². The number of hydrogen-bond acceptors (Lipinski definition) is 5. The topological polar surface area (TPSA) is 121 Å². The van der Waals surface area contributed by atoms with Crippen molar-refractivity contribution in [1.82, 2.24) is 14.7 Å². The monoisotopic (exact) mass is 414 g/mol. The highest BCUT2D eigenvalue weighted by Crippen LogP contribution is 2.15. The number of nitrogens with one attached hydrogen (secondary N) is 3. The molecular weight excluding hydrogens is 392 g/mol. The number of benzene rings is 2. The van der Waals surface area contributed by atoms with Crippen molar-refractivity contribution in [3.63, 3.8) is 0 Å². The van der Waals surface area contributed by atoms with Gasteiger partial charge in [-0.15, -0.1) is 0 Å². The van der Waals surface area contributed by atoms with Crippen molar-refractivity contribution in [2.24, 2.45) is 0 Å². The standard InChI is InChI=1S/C20H22N4O4S/c1-13(2)24-29(27,28)15-9-7-14(8-10-15)21-19(25)12-11-18-22-17-6-4-3-5-16(17)20(26)23-18/h3-10,13,24H,11-12H2,1-2H3,(H,21,25)(H,22,23,26). The molecule has 0 unspecified atom stereocenters. The van der Waals surface area contributed by atoms with E-state index < -0.39 is 10.0 Å². The second-order valence-electron chi connectivity index (χ2n) is 6.88. The van der Waals surface area contributed by atoms with Gasteiger partial charge in [0.2, 0.25) is 15.9 Å². The van der Waals surface area contributed by atoms with Crippen LogP contribution in [0.4, 0.5) is 5.69 Å². The van der Waals surface area contributed by atoms with E-state index in [-0.39, 0.29) is 35.2 Å². The highest BCUT2D eigenvalue weighted by molar-refractivity contribution is 7.89. The first-order valence-electron chi connectivity index (χ1n) is 9.15. The summed E-state index contributed by atoms with van der Waals surface area (Å²) in [5.74, 6) is 0.168. The maximum Gasteiger partial charge on any atom is 0.258 e. The average Bonchev–Trinajstić information content (AvgIpc) is 2.66. The Labute approximate surface area is 168 Å². The normalized spacial score (nSPS) is 11.7. The molecule has 0 radical (unpaired) electrons. The van der Waals surface area contributed by atoms with Crippen LogP contribution in [-0.4, -0.2) is 30.3 Å². The van der Waals surface area contributed by atoms with Gasteiger partial charge in [-0.2, -0.15) is 0 Å². The smallest absolute Gasteiger partial charge is 0.258 e. The predicted octanol–water partition coefficient (Wildman–Crippen LogP) is 2.18. The number of para-hydroxylation sites is 1. The zero-order valence-electron chi connectivity index (χ0n) is 16.1. The molecule has 0 spiro atoms. The number of aromatic amines is 1. The summed E-state index contributed by atoms with van der Waals surface area (Å²) in [7, 11) is -3.58. The number of nitrogens with zero attached hydrogens (tertiary/aromatic N) is 1. The van der Waals surface area contributed by atoms with Crippen LogP contribution in [0.2, 0.25) is 0 Å². The number of carbonyl (C=O) groups excluding carboxylic acids is 1. The summed E-state index contributed by atoms with van der Waals surface area (Å²) in [6, 6.07) is 12.7. The van der Waals surface area contributed by atoms with Gasteiger partial charge in [0.1, 0.15) is 5.82 Å². The average molecular weight is 414 g/mol. The van der Waals surface area contributed by atoms with Gasteiger partial charge in [0, 0.05) is 24.6 Å². The van der Waals surface area contributed by atoms with Crippen LogP contribution >= 0.6 is 0 Å². The minimum absolute atomic E-state index is 0.121. The first-order valence-corrected chi connectivity index (χ1v) is 10.6. The molecule has 0 bridgehead atoms. The Balaban J connectivity index is 1.62. The summed E-state index contributed by atoms with van der Waals surface area (Å²) < 4.78 is 26.7. The molecule has 29 heavy (non-hydrogen) atoms. The van der Waals surface area contributed by atoms with Gasteiger partial charge in [-0.05, 0) is 50.2 Å². The Morgan fingerprint density at radius 2 is 1.79 bits per heavy atom. The van der Waals surface area contributed by atoms with E-state index in [1.165, 1.54) is 24.3 Å². The molecule has 1 heterocycles. The molecule has 3 aromatic rings. The molecule has 1 aromatic heterocycles. The van der Waals surface area contributed by atoms with E-state index in [0.717, 1.165) is 0 Å². The van der Waals surface area contributed by atoms with Gasteiger partial charge in [0.05, 0.1) is 15.8 Å². The third kappa shape index (κ3) is 5.27. The fourth-order valence-corrected chi connectivity index (χ4v) is 4.06. The lowest BCUT2D eigenvalue weighted by molar-refractivity contribution is -0.116. The molecule has 9 heteroatoms. The van der Waals surface area contributed by atoms with Gasteiger partial charge in [-0.25, -0.2) is 18.1 Å². The lowest BCUT2D eigenvalue weighted by atomic mass is 10.2. The van der Waals surface area contributed by atoms with Crippen molar-refractivity contribution in [2.75, 3.05) is 5.32 Å². The Morgan fingerprint density at radius 1 is 1.10 bits per heavy atom. The SMILES string of the molecule is CC(C)NS(=O)(=O)c1ccc(NC(=O)CCc2nc3ccccc3c(=O)[nH]2)cc1. The van der Waals surface area contributed by atoms with E-state index in [4.69, 9.17) is 0 Å². The van der Waals surface area contributed by atoms with Crippen molar-refractivity contribution in [3.8, 4) is 0 Å². The van der Waals surface area contributed by atoms with Crippen molar-refractivity contribution < 1.29 is 13.2 Å². The second-order valence-corrected chi connectivity index (χ2v) is 8.59. The van der Waals surface area contributed by atoms with Gasteiger partial charge in [-0.3, -0.25) is 9.59 Å². The number of rotatable bonds is 7. The fraction of sp³-hybridized carbons (Fsp3) is 0.250. The molecule has 0 saturated carbocycles. The second kappa shape index (κ2) is 8.54. The van der Waals surface area contributed by atoms with Gasteiger partial charge in [0.15, 0.2) is 0 Å². The summed E-state index contributed by atoms with van der Waals surface area (Å²) in [4.78, 5) is 31.4. The number of hydrogen-bond donors (Lipinski definition) is 3. The van der Waals surface area contributed by atoms with Crippen LogP contribution in [0.25, 0.3) is 10.9 Å². The summed E-state index contributed by atoms with van der Waals surface area (Å²) in [6.45, 7) is 3.48. The van der Waals surface area contributed by atoms with E-state index in [2.05, 4.69) is 20.0 Å². The number of fused-ring (bicyclic) bond motifs is 1. The molecular formula is C20H22N4O4S. The first-order chi connectivity index (χ1) is 13.7. The van der Waals surface area contributed by atoms with Gasteiger partial charge in [0.25, 0.3) is 5.56 Å². The lowest BCUT2D eigenvalue weighted by Crippen LogP contribution is -2.30. The summed E-state index contributed by atoms with van der Waals surface area (Å²) in [6.07, 6.45) is 0.396. The Hall–Kier alpha value is -3.04.